The summed E-state index contributed by atoms with van der Waals surface area (Å²) in [5.74, 6) is 1.73. The molecule has 2 aliphatic rings. The van der Waals surface area contributed by atoms with Crippen molar-refractivity contribution in [1.29, 1.82) is 0 Å². The van der Waals surface area contributed by atoms with E-state index in [1.807, 2.05) is 0 Å². The quantitative estimate of drug-likeness (QED) is 0.813. The summed E-state index contributed by atoms with van der Waals surface area (Å²) >= 11 is 0. The van der Waals surface area contributed by atoms with Crippen LogP contribution in [0.1, 0.15) is 52.9 Å². The van der Waals surface area contributed by atoms with Crippen LogP contribution in [-0.4, -0.2) is 36.6 Å². The van der Waals surface area contributed by atoms with Crippen molar-refractivity contribution in [1.82, 2.24) is 10.2 Å². The summed E-state index contributed by atoms with van der Waals surface area (Å²) < 4.78 is 0. The minimum absolute atomic E-state index is 0.734. The molecule has 3 unspecified atom stereocenters. The van der Waals surface area contributed by atoms with Gasteiger partial charge in [0.1, 0.15) is 0 Å². The third kappa shape index (κ3) is 3.69. The van der Waals surface area contributed by atoms with Crippen molar-refractivity contribution in [3.63, 3.8) is 0 Å². The molecule has 1 aliphatic carbocycles. The van der Waals surface area contributed by atoms with E-state index in [1.54, 1.807) is 0 Å². The lowest BCUT2D eigenvalue weighted by atomic mass is 9.84. The monoisotopic (exact) mass is 238 g/mol. The van der Waals surface area contributed by atoms with E-state index in [0.29, 0.717) is 0 Å². The van der Waals surface area contributed by atoms with Crippen LogP contribution in [0, 0.1) is 11.8 Å². The predicted molar refractivity (Wildman–Crippen MR) is 74.2 cm³/mol. The lowest BCUT2D eigenvalue weighted by Gasteiger charge is -2.43. The minimum atomic E-state index is 0.734. The Bertz CT molecular complexity index is 227. The third-order valence-corrected chi connectivity index (χ3v) is 4.58. The smallest absolute Gasteiger partial charge is 0.0198 e. The van der Waals surface area contributed by atoms with E-state index in [2.05, 4.69) is 31.0 Å². The predicted octanol–water partition coefficient (Wildman–Crippen LogP) is 2.89. The summed E-state index contributed by atoms with van der Waals surface area (Å²) in [5, 5.41) is 3.69. The Hall–Kier alpha value is -0.0800. The lowest BCUT2D eigenvalue weighted by Crippen LogP contribution is -2.56. The fourth-order valence-electron chi connectivity index (χ4n) is 3.72. The largest absolute Gasteiger partial charge is 0.311 e. The molecule has 3 atom stereocenters. The normalized spacial score (nSPS) is 36.4. The zero-order valence-corrected chi connectivity index (χ0v) is 11.9. The molecule has 0 radical (unpaired) electrons. The standard InChI is InChI=1S/C15H30N2/c1-12(2)10-14-11-17(9-8-16-14)15-7-5-4-6-13(15)3/h12-16H,4-11H2,1-3H3. The maximum Gasteiger partial charge on any atom is 0.0198 e. The van der Waals surface area contributed by atoms with Gasteiger partial charge in [-0.05, 0) is 31.1 Å². The highest BCUT2D eigenvalue weighted by molar-refractivity contribution is 4.87. The highest BCUT2D eigenvalue weighted by Crippen LogP contribution is 2.29. The Morgan fingerprint density at radius 1 is 1.24 bits per heavy atom. The molecule has 0 bridgehead atoms. The van der Waals surface area contributed by atoms with Crippen molar-refractivity contribution in [3.8, 4) is 0 Å². The first-order chi connectivity index (χ1) is 8.16. The van der Waals surface area contributed by atoms with Gasteiger partial charge < -0.3 is 5.32 Å². The summed E-state index contributed by atoms with van der Waals surface area (Å²) in [6, 6.07) is 1.61. The molecule has 1 saturated heterocycles. The second kappa shape index (κ2) is 6.19. The first-order valence-corrected chi connectivity index (χ1v) is 7.64. The van der Waals surface area contributed by atoms with E-state index < -0.39 is 0 Å². The van der Waals surface area contributed by atoms with E-state index in [9.17, 15) is 0 Å². The van der Waals surface area contributed by atoms with E-state index in [1.165, 1.54) is 51.7 Å². The fraction of sp³-hybridized carbons (Fsp3) is 1.00. The van der Waals surface area contributed by atoms with Crippen LogP contribution in [0.15, 0.2) is 0 Å². The molecule has 2 fully saturated rings. The second-order valence-corrected chi connectivity index (χ2v) is 6.60. The Morgan fingerprint density at radius 3 is 2.71 bits per heavy atom. The van der Waals surface area contributed by atoms with Crippen molar-refractivity contribution in [2.75, 3.05) is 19.6 Å². The van der Waals surface area contributed by atoms with Gasteiger partial charge in [0.25, 0.3) is 0 Å². The highest BCUT2D eigenvalue weighted by atomic mass is 15.2. The molecule has 0 aromatic heterocycles. The average molecular weight is 238 g/mol. The van der Waals surface area contributed by atoms with Crippen LogP contribution in [-0.2, 0) is 0 Å². The maximum atomic E-state index is 3.69. The molecule has 0 spiro atoms. The molecule has 17 heavy (non-hydrogen) atoms. The Balaban J connectivity index is 1.87. The van der Waals surface area contributed by atoms with Crippen molar-refractivity contribution in [2.24, 2.45) is 11.8 Å². The van der Waals surface area contributed by atoms with Crippen LogP contribution < -0.4 is 5.32 Å². The lowest BCUT2D eigenvalue weighted by molar-refractivity contribution is 0.0769. The van der Waals surface area contributed by atoms with Gasteiger partial charge in [0.05, 0.1) is 0 Å². The van der Waals surface area contributed by atoms with Crippen molar-refractivity contribution in [3.05, 3.63) is 0 Å². The first kappa shape index (κ1) is 13.4. The van der Waals surface area contributed by atoms with Gasteiger partial charge in [-0.15, -0.1) is 0 Å². The summed E-state index contributed by atoms with van der Waals surface area (Å²) in [6.07, 6.45) is 7.13. The van der Waals surface area contributed by atoms with Crippen LogP contribution in [0.25, 0.3) is 0 Å². The number of hydrogen-bond donors (Lipinski definition) is 1. The number of rotatable bonds is 3. The van der Waals surface area contributed by atoms with Gasteiger partial charge in [0, 0.05) is 31.7 Å². The van der Waals surface area contributed by atoms with Gasteiger partial charge in [-0.2, -0.15) is 0 Å². The van der Waals surface area contributed by atoms with Crippen molar-refractivity contribution < 1.29 is 0 Å². The van der Waals surface area contributed by atoms with Gasteiger partial charge >= 0.3 is 0 Å². The zero-order chi connectivity index (χ0) is 12.3. The Labute approximate surface area is 107 Å². The SMILES string of the molecule is CC(C)CC1CN(C2CCCCC2C)CCN1. The number of nitrogens with one attached hydrogen (secondary N) is 1. The number of nitrogens with zero attached hydrogens (tertiary/aromatic N) is 1. The Kier molecular flexibility index (Phi) is 4.87. The number of hydrogen-bond acceptors (Lipinski definition) is 2. The van der Waals surface area contributed by atoms with Gasteiger partial charge in [-0.25, -0.2) is 0 Å². The molecular formula is C15H30N2. The molecule has 1 heterocycles. The van der Waals surface area contributed by atoms with Crippen LogP contribution >= 0.6 is 0 Å². The highest BCUT2D eigenvalue weighted by Gasteiger charge is 2.30. The zero-order valence-electron chi connectivity index (χ0n) is 11.9. The van der Waals surface area contributed by atoms with Crippen LogP contribution in [0.4, 0.5) is 0 Å². The molecule has 2 heteroatoms. The molecule has 1 saturated carbocycles. The molecule has 0 amide bonds. The Morgan fingerprint density at radius 2 is 2.00 bits per heavy atom. The molecule has 0 aromatic rings. The molecule has 1 N–H and O–H groups in total. The summed E-state index contributed by atoms with van der Waals surface area (Å²) in [5.41, 5.74) is 0. The topological polar surface area (TPSA) is 15.3 Å². The van der Waals surface area contributed by atoms with Gasteiger partial charge in [-0.1, -0.05) is 33.6 Å². The summed E-state index contributed by atoms with van der Waals surface area (Å²) in [6.45, 7) is 10.9. The second-order valence-electron chi connectivity index (χ2n) is 6.60. The van der Waals surface area contributed by atoms with Crippen LogP contribution in [0.3, 0.4) is 0 Å². The van der Waals surface area contributed by atoms with E-state index in [0.717, 1.165) is 23.9 Å². The molecule has 0 aromatic carbocycles. The van der Waals surface area contributed by atoms with E-state index >= 15 is 0 Å². The van der Waals surface area contributed by atoms with E-state index in [4.69, 9.17) is 0 Å². The molecule has 2 rings (SSSR count). The fourth-order valence-corrected chi connectivity index (χ4v) is 3.72. The van der Waals surface area contributed by atoms with Crippen LogP contribution in [0.5, 0.6) is 0 Å². The molecule has 100 valence electrons. The summed E-state index contributed by atoms with van der Waals surface area (Å²) in [7, 11) is 0. The molecule has 2 nitrogen and oxygen atoms in total. The summed E-state index contributed by atoms with van der Waals surface area (Å²) in [4.78, 5) is 2.79. The van der Waals surface area contributed by atoms with Crippen molar-refractivity contribution in [2.45, 2.75) is 65.0 Å². The van der Waals surface area contributed by atoms with E-state index in [-0.39, 0.29) is 0 Å². The third-order valence-electron chi connectivity index (χ3n) is 4.58. The van der Waals surface area contributed by atoms with Gasteiger partial charge in [-0.3, -0.25) is 4.90 Å². The number of piperazine rings is 1. The van der Waals surface area contributed by atoms with Gasteiger partial charge in [0.15, 0.2) is 0 Å². The minimum Gasteiger partial charge on any atom is -0.311 e. The average Bonchev–Trinajstić information content (AvgIpc) is 2.29. The van der Waals surface area contributed by atoms with Crippen molar-refractivity contribution >= 4 is 0 Å². The first-order valence-electron chi connectivity index (χ1n) is 7.64. The molecular weight excluding hydrogens is 208 g/mol. The molecule has 1 aliphatic heterocycles. The van der Waals surface area contributed by atoms with Crippen LogP contribution in [0.2, 0.25) is 0 Å². The maximum absolute atomic E-state index is 3.69. The van der Waals surface area contributed by atoms with Gasteiger partial charge in [0.2, 0.25) is 0 Å².